The first-order chi connectivity index (χ1) is 13.0. The predicted molar refractivity (Wildman–Crippen MR) is 104 cm³/mol. The number of ether oxygens (including phenoxy) is 1. The van der Waals surface area contributed by atoms with Gasteiger partial charge in [-0.25, -0.2) is 12.8 Å². The number of rotatable bonds is 8. The van der Waals surface area contributed by atoms with Crippen molar-refractivity contribution < 1.29 is 17.5 Å². The van der Waals surface area contributed by atoms with Gasteiger partial charge < -0.3 is 9.64 Å². The average Bonchev–Trinajstić information content (AvgIpc) is 3.16. The van der Waals surface area contributed by atoms with Gasteiger partial charge in [-0.1, -0.05) is 13.0 Å². The Morgan fingerprint density at radius 2 is 1.96 bits per heavy atom. The third kappa shape index (κ3) is 5.21. The van der Waals surface area contributed by atoms with Gasteiger partial charge in [0.1, 0.15) is 19.0 Å². The van der Waals surface area contributed by atoms with Crippen LogP contribution in [-0.4, -0.2) is 63.1 Å². The van der Waals surface area contributed by atoms with E-state index < -0.39 is 16.7 Å². The van der Waals surface area contributed by atoms with E-state index in [0.29, 0.717) is 12.3 Å². The summed E-state index contributed by atoms with van der Waals surface area (Å²) in [7, 11) is -3.56. The molecular formula is C20H31FN2O3S. The lowest BCUT2D eigenvalue weighted by Gasteiger charge is -2.32. The van der Waals surface area contributed by atoms with E-state index in [1.165, 1.54) is 18.9 Å². The number of sulfonamides is 1. The highest BCUT2D eigenvalue weighted by Gasteiger charge is 2.35. The second-order valence-corrected chi connectivity index (χ2v) is 9.63. The molecule has 2 fully saturated rings. The number of alkyl halides is 1. The van der Waals surface area contributed by atoms with Gasteiger partial charge in [0.2, 0.25) is 10.0 Å². The van der Waals surface area contributed by atoms with Crippen LogP contribution in [0.15, 0.2) is 29.2 Å². The largest absolute Gasteiger partial charge is 0.491 e. The molecular weight excluding hydrogens is 366 g/mol. The average molecular weight is 398 g/mol. The molecule has 2 aliphatic rings. The first-order valence-electron chi connectivity index (χ1n) is 10.0. The number of hydrogen-bond acceptors (Lipinski definition) is 4. The van der Waals surface area contributed by atoms with Crippen LogP contribution in [0.1, 0.15) is 39.0 Å². The molecule has 7 heteroatoms. The zero-order valence-electron chi connectivity index (χ0n) is 16.1. The van der Waals surface area contributed by atoms with E-state index in [2.05, 4.69) is 11.8 Å². The van der Waals surface area contributed by atoms with Crippen molar-refractivity contribution in [2.75, 3.05) is 39.5 Å². The van der Waals surface area contributed by atoms with E-state index in [1.54, 1.807) is 22.5 Å². The van der Waals surface area contributed by atoms with Crippen molar-refractivity contribution in [2.45, 2.75) is 50.0 Å². The summed E-state index contributed by atoms with van der Waals surface area (Å²) in [5, 5.41) is 0. The summed E-state index contributed by atoms with van der Waals surface area (Å²) in [4.78, 5) is 2.70. The molecule has 1 atom stereocenters. The van der Waals surface area contributed by atoms with Crippen LogP contribution in [0.5, 0.6) is 5.75 Å². The standard InChI is InChI=1S/C20H31FN2O3S/c1-17-7-12-22(13-8-17)14-9-18-4-3-11-23(18)27(24,25)20-6-2-5-19(16-20)26-15-10-21/h2,5-6,16-18H,3-4,7-15H2,1H3/t18-/m1/s1/i21-1. The van der Waals surface area contributed by atoms with Gasteiger partial charge in [0, 0.05) is 18.7 Å². The topological polar surface area (TPSA) is 49.9 Å². The van der Waals surface area contributed by atoms with Crippen LogP contribution in [-0.2, 0) is 10.0 Å². The van der Waals surface area contributed by atoms with Crippen LogP contribution in [0.4, 0.5) is 4.39 Å². The second-order valence-electron chi connectivity index (χ2n) is 7.74. The molecule has 2 saturated heterocycles. The first kappa shape index (κ1) is 20.6. The smallest absolute Gasteiger partial charge is 0.243 e. The van der Waals surface area contributed by atoms with Gasteiger partial charge in [-0.05, 0) is 69.8 Å². The van der Waals surface area contributed by atoms with Crippen LogP contribution >= 0.6 is 0 Å². The van der Waals surface area contributed by atoms with Crippen molar-refractivity contribution >= 4 is 10.0 Å². The maximum absolute atomic E-state index is 13.1. The Bertz CT molecular complexity index is 705. The van der Waals surface area contributed by atoms with Gasteiger partial charge >= 0.3 is 0 Å². The minimum absolute atomic E-state index is 0.0600. The number of likely N-dealkylation sites (tertiary alicyclic amines) is 1. The lowest BCUT2D eigenvalue weighted by molar-refractivity contribution is 0.179. The molecule has 0 radical (unpaired) electrons. The van der Waals surface area contributed by atoms with Crippen molar-refractivity contribution in [2.24, 2.45) is 5.92 Å². The van der Waals surface area contributed by atoms with Crippen molar-refractivity contribution in [3.05, 3.63) is 24.3 Å². The highest BCUT2D eigenvalue weighted by molar-refractivity contribution is 7.89. The van der Waals surface area contributed by atoms with E-state index >= 15 is 0 Å². The van der Waals surface area contributed by atoms with Crippen LogP contribution in [0.2, 0.25) is 0 Å². The summed E-state index contributed by atoms with van der Waals surface area (Å²) in [5.74, 6) is 1.20. The molecule has 1 aromatic carbocycles. The molecule has 3 rings (SSSR count). The lowest BCUT2D eigenvalue weighted by atomic mass is 9.99. The zero-order chi connectivity index (χ0) is 19.3. The molecule has 2 heterocycles. The van der Waals surface area contributed by atoms with E-state index in [4.69, 9.17) is 4.74 Å². The summed E-state index contributed by atoms with van der Waals surface area (Å²) < 4.78 is 45.5. The first-order valence-corrected chi connectivity index (χ1v) is 11.5. The van der Waals surface area contributed by atoms with Gasteiger partial charge in [0.05, 0.1) is 4.90 Å². The molecule has 0 bridgehead atoms. The quantitative estimate of drug-likeness (QED) is 0.675. The molecule has 0 unspecified atom stereocenters. The number of piperidine rings is 1. The zero-order valence-corrected chi connectivity index (χ0v) is 17.0. The van der Waals surface area contributed by atoms with Gasteiger partial charge in [-0.3, -0.25) is 0 Å². The molecule has 0 amide bonds. The van der Waals surface area contributed by atoms with Crippen LogP contribution < -0.4 is 4.74 Å². The number of benzene rings is 1. The van der Waals surface area contributed by atoms with Crippen molar-refractivity contribution in [1.82, 2.24) is 9.21 Å². The molecule has 0 aromatic heterocycles. The fourth-order valence-corrected chi connectivity index (χ4v) is 5.81. The van der Waals surface area contributed by atoms with Gasteiger partial charge in [0.25, 0.3) is 0 Å². The molecule has 5 nitrogen and oxygen atoms in total. The van der Waals surface area contributed by atoms with Gasteiger partial charge in [-0.15, -0.1) is 0 Å². The fraction of sp³-hybridized carbons (Fsp3) is 0.700. The molecule has 27 heavy (non-hydrogen) atoms. The Hall–Kier alpha value is -1.18. The number of nitrogens with zero attached hydrogens (tertiary/aromatic N) is 2. The highest BCUT2D eigenvalue weighted by Crippen LogP contribution is 2.30. The normalized spacial score (nSPS) is 23.0. The minimum Gasteiger partial charge on any atom is -0.491 e. The summed E-state index contributed by atoms with van der Waals surface area (Å²) in [5.41, 5.74) is 0. The summed E-state index contributed by atoms with van der Waals surface area (Å²) in [6, 6.07) is 6.48. The van der Waals surface area contributed by atoms with Crippen LogP contribution in [0, 0.1) is 5.92 Å². The lowest BCUT2D eigenvalue weighted by Crippen LogP contribution is -2.40. The van der Waals surface area contributed by atoms with E-state index in [1.807, 2.05) is 0 Å². The number of halogens is 1. The Labute approximate surface area is 162 Å². The molecule has 2 aliphatic heterocycles. The van der Waals surface area contributed by atoms with Crippen molar-refractivity contribution in [3.63, 3.8) is 0 Å². The summed E-state index contributed by atoms with van der Waals surface area (Å²) >= 11 is 0. The van der Waals surface area contributed by atoms with Crippen molar-refractivity contribution in [3.8, 4) is 5.75 Å². The van der Waals surface area contributed by atoms with Crippen LogP contribution in [0.3, 0.4) is 0 Å². The molecule has 0 spiro atoms. The fourth-order valence-electron chi connectivity index (χ4n) is 4.05. The van der Waals surface area contributed by atoms with Crippen molar-refractivity contribution in [1.29, 1.82) is 0 Å². The third-order valence-electron chi connectivity index (χ3n) is 5.74. The maximum Gasteiger partial charge on any atom is 0.243 e. The molecule has 1 aromatic rings. The van der Waals surface area contributed by atoms with Gasteiger partial charge in [-0.2, -0.15) is 4.31 Å². The minimum atomic E-state index is -3.56. The van der Waals surface area contributed by atoms with E-state index in [-0.39, 0.29) is 17.5 Å². The van der Waals surface area contributed by atoms with Crippen LogP contribution in [0.25, 0.3) is 0 Å². The third-order valence-corrected chi connectivity index (χ3v) is 7.68. The highest BCUT2D eigenvalue weighted by atomic mass is 32.2. The Kier molecular flexibility index (Phi) is 7.11. The monoisotopic (exact) mass is 397 g/mol. The molecule has 0 N–H and O–H groups in total. The molecule has 152 valence electrons. The summed E-state index contributed by atoms with van der Waals surface area (Å²) in [6.45, 7) is 5.41. The molecule has 0 saturated carbocycles. The maximum atomic E-state index is 13.1. The molecule has 0 aliphatic carbocycles. The predicted octanol–water partition coefficient (Wildman–Crippen LogP) is 3.31. The second kappa shape index (κ2) is 9.34. The Morgan fingerprint density at radius 3 is 2.70 bits per heavy atom. The Balaban J connectivity index is 1.64. The van der Waals surface area contributed by atoms with E-state index in [0.717, 1.165) is 44.8 Å². The Morgan fingerprint density at radius 1 is 1.19 bits per heavy atom. The SMILES string of the molecule is CC1CCN(CC[C@H]2CCCN2S(=O)(=O)c2cccc(OCC[18F])c2)CC1. The van der Waals surface area contributed by atoms with Gasteiger partial charge in [0.15, 0.2) is 0 Å². The van der Waals surface area contributed by atoms with E-state index in [9.17, 15) is 12.8 Å². The number of hydrogen-bond donors (Lipinski definition) is 0. The summed E-state index contributed by atoms with van der Waals surface area (Å²) in [6.07, 6.45) is 5.17.